The van der Waals surface area contributed by atoms with Crippen LogP contribution in [0.25, 0.3) is 0 Å². The maximum atomic E-state index is 11.3. The van der Waals surface area contributed by atoms with Crippen LogP contribution in [-0.4, -0.2) is 29.5 Å². The molecule has 2 heterocycles. The van der Waals surface area contributed by atoms with Gasteiger partial charge in [-0.3, -0.25) is 4.79 Å². The fraction of sp³-hybridized carbons (Fsp3) is 0.600. The van der Waals surface area contributed by atoms with E-state index in [1.165, 1.54) is 0 Å². The molecule has 0 spiro atoms. The van der Waals surface area contributed by atoms with Crippen molar-refractivity contribution in [3.8, 4) is 0 Å². The van der Waals surface area contributed by atoms with Crippen LogP contribution in [0.4, 0.5) is 5.82 Å². The maximum absolute atomic E-state index is 11.3. The van der Waals surface area contributed by atoms with Crippen molar-refractivity contribution >= 4 is 11.7 Å². The molecule has 20 heavy (non-hydrogen) atoms. The van der Waals surface area contributed by atoms with Crippen molar-refractivity contribution in [2.24, 2.45) is 11.7 Å². The lowest BCUT2D eigenvalue weighted by Gasteiger charge is -2.24. The van der Waals surface area contributed by atoms with E-state index < -0.39 is 0 Å². The van der Waals surface area contributed by atoms with Crippen molar-refractivity contribution in [3.05, 3.63) is 23.9 Å². The number of primary amides is 1. The first-order valence-electron chi connectivity index (χ1n) is 7.10. The molecule has 5 heteroatoms. The highest BCUT2D eigenvalue weighted by molar-refractivity contribution is 5.78. The van der Waals surface area contributed by atoms with Crippen LogP contribution in [0, 0.1) is 5.92 Å². The fourth-order valence-corrected chi connectivity index (χ4v) is 2.40. The van der Waals surface area contributed by atoms with Gasteiger partial charge in [-0.25, -0.2) is 4.98 Å². The first-order valence-corrected chi connectivity index (χ1v) is 7.10. The summed E-state index contributed by atoms with van der Waals surface area (Å²) < 4.78 is 0. The number of carbonyl (C=O) groups excluding carboxylic acids is 1. The summed E-state index contributed by atoms with van der Waals surface area (Å²) in [6.07, 6.45) is 2.62. The molecule has 110 valence electrons. The van der Waals surface area contributed by atoms with Crippen LogP contribution in [0.2, 0.25) is 0 Å². The molecule has 1 amide bonds. The predicted molar refractivity (Wildman–Crippen MR) is 80.3 cm³/mol. The first kappa shape index (κ1) is 14.8. The summed E-state index contributed by atoms with van der Waals surface area (Å²) in [6, 6.07) is 4.03. The lowest BCUT2D eigenvalue weighted by atomic mass is 10.1. The summed E-state index contributed by atoms with van der Waals surface area (Å²) in [6.45, 7) is 8.71. The Morgan fingerprint density at radius 3 is 2.90 bits per heavy atom. The minimum absolute atomic E-state index is 0.0552. The van der Waals surface area contributed by atoms with E-state index >= 15 is 0 Å². The van der Waals surface area contributed by atoms with E-state index in [0.29, 0.717) is 6.54 Å². The predicted octanol–water partition coefficient (Wildman–Crippen LogP) is 1.28. The highest BCUT2D eigenvalue weighted by Gasteiger charge is 2.28. The van der Waals surface area contributed by atoms with Crippen molar-refractivity contribution in [1.82, 2.24) is 10.3 Å². The molecule has 1 saturated heterocycles. The molecule has 0 saturated carbocycles. The number of hydrogen-bond donors (Lipinski definition) is 2. The largest absolute Gasteiger partial charge is 0.369 e. The second-order valence-electron chi connectivity index (χ2n) is 6.42. The van der Waals surface area contributed by atoms with Crippen LogP contribution < -0.4 is 16.0 Å². The number of hydrogen-bond acceptors (Lipinski definition) is 4. The number of aromatic nitrogens is 1. The van der Waals surface area contributed by atoms with Gasteiger partial charge >= 0.3 is 0 Å². The van der Waals surface area contributed by atoms with Crippen molar-refractivity contribution in [3.63, 3.8) is 0 Å². The summed E-state index contributed by atoms with van der Waals surface area (Å²) in [5.41, 5.74) is 6.62. The van der Waals surface area contributed by atoms with Gasteiger partial charge in [0.25, 0.3) is 0 Å². The van der Waals surface area contributed by atoms with Gasteiger partial charge in [-0.05, 0) is 33.3 Å². The Morgan fingerprint density at radius 1 is 1.55 bits per heavy atom. The molecule has 0 aromatic carbocycles. The van der Waals surface area contributed by atoms with E-state index in [4.69, 9.17) is 5.73 Å². The summed E-state index contributed by atoms with van der Waals surface area (Å²) in [7, 11) is 0. The van der Waals surface area contributed by atoms with Crippen molar-refractivity contribution < 1.29 is 4.79 Å². The number of carbonyl (C=O) groups is 1. The van der Waals surface area contributed by atoms with Gasteiger partial charge < -0.3 is 16.0 Å². The molecule has 1 unspecified atom stereocenters. The first-order chi connectivity index (χ1) is 9.37. The highest BCUT2D eigenvalue weighted by atomic mass is 16.1. The third-order valence-corrected chi connectivity index (χ3v) is 3.57. The molecule has 1 fully saturated rings. The van der Waals surface area contributed by atoms with Crippen LogP contribution in [0.1, 0.15) is 32.8 Å². The Morgan fingerprint density at radius 2 is 2.30 bits per heavy atom. The van der Waals surface area contributed by atoms with Crippen molar-refractivity contribution in [2.75, 3.05) is 18.0 Å². The van der Waals surface area contributed by atoms with E-state index in [-0.39, 0.29) is 17.4 Å². The molecule has 0 bridgehead atoms. The zero-order valence-corrected chi connectivity index (χ0v) is 12.5. The Bertz CT molecular complexity index is 481. The SMILES string of the molecule is CC(C)(C)NCc1cccnc1N1CCC(C(N)=O)C1. The van der Waals surface area contributed by atoms with Crippen LogP contribution in [0.5, 0.6) is 0 Å². The summed E-state index contributed by atoms with van der Waals surface area (Å²) >= 11 is 0. The van der Waals surface area contributed by atoms with Gasteiger partial charge in [0.15, 0.2) is 0 Å². The van der Waals surface area contributed by atoms with Crippen LogP contribution in [0.15, 0.2) is 18.3 Å². The molecule has 2 rings (SSSR count). The minimum Gasteiger partial charge on any atom is -0.369 e. The smallest absolute Gasteiger partial charge is 0.222 e. The zero-order chi connectivity index (χ0) is 14.8. The van der Waals surface area contributed by atoms with Crippen LogP contribution in [0.3, 0.4) is 0 Å². The summed E-state index contributed by atoms with van der Waals surface area (Å²) in [5, 5.41) is 3.48. The third kappa shape index (κ3) is 3.70. The summed E-state index contributed by atoms with van der Waals surface area (Å²) in [4.78, 5) is 17.9. The van der Waals surface area contributed by atoms with Gasteiger partial charge in [0.2, 0.25) is 5.91 Å². The van der Waals surface area contributed by atoms with Crippen LogP contribution >= 0.6 is 0 Å². The summed E-state index contributed by atoms with van der Waals surface area (Å²) in [5.74, 6) is 0.700. The Kier molecular flexibility index (Phi) is 4.28. The number of anilines is 1. The number of rotatable bonds is 4. The second kappa shape index (κ2) is 5.79. The number of nitrogens with two attached hydrogens (primary N) is 1. The minimum atomic E-state index is -0.210. The topological polar surface area (TPSA) is 71.2 Å². The second-order valence-corrected chi connectivity index (χ2v) is 6.42. The number of nitrogens with zero attached hydrogens (tertiary/aromatic N) is 2. The Labute approximate surface area is 120 Å². The van der Waals surface area contributed by atoms with Gasteiger partial charge in [0.1, 0.15) is 5.82 Å². The van der Waals surface area contributed by atoms with Gasteiger partial charge in [0, 0.05) is 36.9 Å². The number of nitrogens with one attached hydrogen (secondary N) is 1. The monoisotopic (exact) mass is 276 g/mol. The van der Waals surface area contributed by atoms with Gasteiger partial charge in [-0.2, -0.15) is 0 Å². The number of amides is 1. The van der Waals surface area contributed by atoms with E-state index in [1.54, 1.807) is 6.20 Å². The third-order valence-electron chi connectivity index (χ3n) is 3.57. The number of pyridine rings is 1. The molecule has 5 nitrogen and oxygen atoms in total. The molecule has 1 aromatic rings. The van der Waals surface area contributed by atoms with Crippen LogP contribution in [-0.2, 0) is 11.3 Å². The standard InChI is InChI=1S/C15H24N4O/c1-15(2,3)18-9-11-5-4-7-17-14(11)19-8-6-12(10-19)13(16)20/h4-5,7,12,18H,6,8-10H2,1-3H3,(H2,16,20). The fourth-order valence-electron chi connectivity index (χ4n) is 2.40. The normalized spacial score (nSPS) is 19.4. The van der Waals surface area contributed by atoms with E-state index in [0.717, 1.165) is 30.9 Å². The van der Waals surface area contributed by atoms with Gasteiger partial charge in [-0.15, -0.1) is 0 Å². The molecule has 1 aliphatic heterocycles. The Hall–Kier alpha value is -1.62. The molecule has 1 atom stereocenters. The lowest BCUT2D eigenvalue weighted by Crippen LogP contribution is -2.36. The molecular weight excluding hydrogens is 252 g/mol. The lowest BCUT2D eigenvalue weighted by molar-refractivity contribution is -0.121. The maximum Gasteiger partial charge on any atom is 0.222 e. The van der Waals surface area contributed by atoms with Gasteiger partial charge in [-0.1, -0.05) is 6.07 Å². The molecule has 0 radical (unpaired) electrons. The van der Waals surface area contributed by atoms with Gasteiger partial charge in [0.05, 0.1) is 5.92 Å². The molecule has 1 aliphatic rings. The van der Waals surface area contributed by atoms with Crippen molar-refractivity contribution in [1.29, 1.82) is 0 Å². The molecule has 1 aromatic heterocycles. The van der Waals surface area contributed by atoms with E-state index in [1.807, 2.05) is 6.07 Å². The molecule has 0 aliphatic carbocycles. The zero-order valence-electron chi connectivity index (χ0n) is 12.5. The van der Waals surface area contributed by atoms with E-state index in [2.05, 4.69) is 42.0 Å². The van der Waals surface area contributed by atoms with E-state index in [9.17, 15) is 4.79 Å². The Balaban J connectivity index is 2.10. The van der Waals surface area contributed by atoms with Crippen molar-refractivity contribution in [2.45, 2.75) is 39.3 Å². The quantitative estimate of drug-likeness (QED) is 0.869. The average Bonchev–Trinajstić information content (AvgIpc) is 2.85. The molecular formula is C15H24N4O. The molecule has 3 N–H and O–H groups in total. The highest BCUT2D eigenvalue weighted by Crippen LogP contribution is 2.25. The average molecular weight is 276 g/mol.